The first kappa shape index (κ1) is 11.8. The van der Waals surface area contributed by atoms with Crippen LogP contribution in [0.15, 0.2) is 0 Å². The van der Waals surface area contributed by atoms with Crippen molar-refractivity contribution in [1.82, 2.24) is 10.6 Å². The number of nitrogens with one attached hydrogen (secondary N) is 2. The summed E-state index contributed by atoms with van der Waals surface area (Å²) in [6.07, 6.45) is 3.75. The summed E-state index contributed by atoms with van der Waals surface area (Å²) >= 11 is 0. The number of carbonyl (C=O) groups excluding carboxylic acids is 1. The first-order valence-electron chi connectivity index (χ1n) is 5.38. The van der Waals surface area contributed by atoms with Gasteiger partial charge in [0.15, 0.2) is 0 Å². The zero-order chi connectivity index (χ0) is 11.3. The lowest BCUT2D eigenvalue weighted by molar-refractivity contribution is -0.137. The molecule has 2 amide bonds. The van der Waals surface area contributed by atoms with Crippen molar-refractivity contribution in [3.8, 4) is 0 Å². The highest BCUT2D eigenvalue weighted by atomic mass is 16.4. The van der Waals surface area contributed by atoms with Crippen molar-refractivity contribution in [3.05, 3.63) is 0 Å². The van der Waals surface area contributed by atoms with Crippen LogP contribution in [0.4, 0.5) is 4.79 Å². The second-order valence-corrected chi connectivity index (χ2v) is 4.01. The number of carbonyl (C=O) groups is 2. The van der Waals surface area contributed by atoms with Crippen molar-refractivity contribution in [1.29, 1.82) is 0 Å². The van der Waals surface area contributed by atoms with Gasteiger partial charge in [-0.2, -0.15) is 0 Å². The van der Waals surface area contributed by atoms with Crippen LogP contribution in [-0.2, 0) is 4.79 Å². The first-order valence-corrected chi connectivity index (χ1v) is 5.38. The molecule has 3 N–H and O–H groups in total. The van der Waals surface area contributed by atoms with Crippen LogP contribution in [0.5, 0.6) is 0 Å². The number of hydrogen-bond acceptors (Lipinski definition) is 2. The van der Waals surface area contributed by atoms with E-state index >= 15 is 0 Å². The largest absolute Gasteiger partial charge is 0.481 e. The van der Waals surface area contributed by atoms with Gasteiger partial charge in [0.1, 0.15) is 0 Å². The van der Waals surface area contributed by atoms with Crippen LogP contribution in [0, 0.1) is 0 Å². The number of carboxylic acids is 1. The molecule has 0 bridgehead atoms. The molecule has 15 heavy (non-hydrogen) atoms. The zero-order valence-electron chi connectivity index (χ0n) is 8.95. The predicted octanol–water partition coefficient (Wildman–Crippen LogP) is 1.09. The molecule has 1 fully saturated rings. The third-order valence-electron chi connectivity index (χ3n) is 2.68. The third-order valence-corrected chi connectivity index (χ3v) is 2.68. The fourth-order valence-electron chi connectivity index (χ4n) is 1.78. The lowest BCUT2D eigenvalue weighted by Crippen LogP contribution is -2.30. The molecule has 5 nitrogen and oxygen atoms in total. The summed E-state index contributed by atoms with van der Waals surface area (Å²) in [5.41, 5.74) is 0. The van der Waals surface area contributed by atoms with Crippen LogP contribution in [0.1, 0.15) is 39.0 Å². The summed E-state index contributed by atoms with van der Waals surface area (Å²) in [4.78, 5) is 21.2. The SMILES string of the molecule is C[C@H]1NC(=O)N[C@H]1CCCCCC(=O)O. The lowest BCUT2D eigenvalue weighted by Gasteiger charge is -2.13. The van der Waals surface area contributed by atoms with Gasteiger partial charge in [0.25, 0.3) is 0 Å². The maximum Gasteiger partial charge on any atom is 0.315 e. The standard InChI is InChI=1S/C10H18N2O3/c1-7-8(12-10(15)11-7)5-3-2-4-6-9(13)14/h7-8H,2-6H2,1H3,(H,13,14)(H2,11,12,15)/t7-,8+/m1/s1. The highest BCUT2D eigenvalue weighted by molar-refractivity contribution is 5.77. The fourth-order valence-corrected chi connectivity index (χ4v) is 1.78. The molecular formula is C10H18N2O3. The lowest BCUT2D eigenvalue weighted by atomic mass is 10.0. The molecule has 5 heteroatoms. The molecule has 1 aliphatic heterocycles. The van der Waals surface area contributed by atoms with Gasteiger partial charge in [-0.1, -0.05) is 12.8 Å². The summed E-state index contributed by atoms with van der Waals surface area (Å²) in [5.74, 6) is -0.737. The minimum Gasteiger partial charge on any atom is -0.481 e. The van der Waals surface area contributed by atoms with E-state index in [0.29, 0.717) is 0 Å². The van der Waals surface area contributed by atoms with E-state index in [1.807, 2.05) is 6.92 Å². The highest BCUT2D eigenvalue weighted by Crippen LogP contribution is 2.11. The van der Waals surface area contributed by atoms with Gasteiger partial charge in [-0.25, -0.2) is 4.79 Å². The summed E-state index contributed by atoms with van der Waals surface area (Å²) in [6, 6.07) is 0.275. The molecule has 0 aromatic heterocycles. The Kier molecular flexibility index (Phi) is 4.39. The van der Waals surface area contributed by atoms with Crippen LogP contribution in [0.3, 0.4) is 0 Å². The Hall–Kier alpha value is -1.26. The molecule has 0 radical (unpaired) electrons. The van der Waals surface area contributed by atoms with Crippen molar-refractivity contribution in [2.45, 2.75) is 51.1 Å². The molecule has 0 aromatic rings. The van der Waals surface area contributed by atoms with Crippen molar-refractivity contribution < 1.29 is 14.7 Å². The molecule has 0 unspecified atom stereocenters. The smallest absolute Gasteiger partial charge is 0.315 e. The van der Waals surface area contributed by atoms with E-state index < -0.39 is 5.97 Å². The monoisotopic (exact) mass is 214 g/mol. The molecule has 2 atom stereocenters. The van der Waals surface area contributed by atoms with E-state index in [0.717, 1.165) is 25.7 Å². The number of carboxylic acid groups (broad SMARTS) is 1. The maximum absolute atomic E-state index is 10.9. The Morgan fingerprint density at radius 3 is 2.60 bits per heavy atom. The quantitative estimate of drug-likeness (QED) is 0.579. The fraction of sp³-hybridized carbons (Fsp3) is 0.800. The number of urea groups is 1. The van der Waals surface area contributed by atoms with Gasteiger partial charge in [-0.15, -0.1) is 0 Å². The van der Waals surface area contributed by atoms with Gasteiger partial charge in [-0.05, 0) is 19.8 Å². The third kappa shape index (κ3) is 4.18. The van der Waals surface area contributed by atoms with E-state index in [-0.39, 0.29) is 24.5 Å². The topological polar surface area (TPSA) is 78.4 Å². The Balaban J connectivity index is 2.05. The van der Waals surface area contributed by atoms with Gasteiger partial charge in [0.05, 0.1) is 6.04 Å². The van der Waals surface area contributed by atoms with E-state index in [2.05, 4.69) is 10.6 Å². The molecule has 0 saturated carbocycles. The summed E-state index contributed by atoms with van der Waals surface area (Å²) < 4.78 is 0. The summed E-state index contributed by atoms with van der Waals surface area (Å²) in [6.45, 7) is 1.97. The minimum atomic E-state index is -0.737. The van der Waals surface area contributed by atoms with Gasteiger partial charge in [-0.3, -0.25) is 4.79 Å². The van der Waals surface area contributed by atoms with Gasteiger partial charge in [0, 0.05) is 12.5 Å². The number of rotatable bonds is 6. The van der Waals surface area contributed by atoms with Crippen molar-refractivity contribution in [2.75, 3.05) is 0 Å². The predicted molar refractivity (Wildman–Crippen MR) is 55.6 cm³/mol. The molecule has 1 rings (SSSR count). The Labute approximate surface area is 89.2 Å². The van der Waals surface area contributed by atoms with E-state index in [4.69, 9.17) is 5.11 Å². The molecule has 1 heterocycles. The maximum atomic E-state index is 10.9. The van der Waals surface area contributed by atoms with Crippen LogP contribution in [0.25, 0.3) is 0 Å². The van der Waals surface area contributed by atoms with Crippen LogP contribution in [0.2, 0.25) is 0 Å². The van der Waals surface area contributed by atoms with Crippen LogP contribution < -0.4 is 10.6 Å². The average molecular weight is 214 g/mol. The Morgan fingerprint density at radius 2 is 2.07 bits per heavy atom. The number of hydrogen-bond donors (Lipinski definition) is 3. The number of unbranched alkanes of at least 4 members (excludes halogenated alkanes) is 2. The highest BCUT2D eigenvalue weighted by Gasteiger charge is 2.26. The Bertz CT molecular complexity index is 243. The van der Waals surface area contributed by atoms with E-state index in [1.165, 1.54) is 0 Å². The molecular weight excluding hydrogens is 196 g/mol. The first-order chi connectivity index (χ1) is 7.09. The zero-order valence-corrected chi connectivity index (χ0v) is 8.95. The summed E-state index contributed by atoms with van der Waals surface area (Å²) in [7, 11) is 0. The van der Waals surface area contributed by atoms with Crippen molar-refractivity contribution in [3.63, 3.8) is 0 Å². The molecule has 86 valence electrons. The molecule has 1 saturated heterocycles. The Morgan fingerprint density at radius 1 is 1.33 bits per heavy atom. The van der Waals surface area contributed by atoms with Crippen molar-refractivity contribution >= 4 is 12.0 Å². The van der Waals surface area contributed by atoms with E-state index in [1.54, 1.807) is 0 Å². The average Bonchev–Trinajstić information content (AvgIpc) is 2.44. The van der Waals surface area contributed by atoms with Crippen LogP contribution in [-0.4, -0.2) is 29.2 Å². The summed E-state index contributed by atoms with van der Waals surface area (Å²) in [5, 5.41) is 14.1. The molecule has 0 aromatic carbocycles. The molecule has 0 aliphatic carbocycles. The second-order valence-electron chi connectivity index (χ2n) is 4.01. The van der Waals surface area contributed by atoms with E-state index in [9.17, 15) is 9.59 Å². The number of amides is 2. The van der Waals surface area contributed by atoms with Gasteiger partial charge < -0.3 is 15.7 Å². The molecule has 0 spiro atoms. The van der Waals surface area contributed by atoms with Crippen LogP contribution >= 0.6 is 0 Å². The normalized spacial score (nSPS) is 24.7. The minimum absolute atomic E-state index is 0.0990. The second kappa shape index (κ2) is 5.58. The van der Waals surface area contributed by atoms with Gasteiger partial charge >= 0.3 is 12.0 Å². The van der Waals surface area contributed by atoms with Gasteiger partial charge in [0.2, 0.25) is 0 Å². The molecule has 1 aliphatic rings. The number of aliphatic carboxylic acids is 1. The van der Waals surface area contributed by atoms with Crippen molar-refractivity contribution in [2.24, 2.45) is 0 Å².